The van der Waals surface area contributed by atoms with Crippen LogP contribution >= 0.6 is 0 Å². The topological polar surface area (TPSA) is 62.6 Å². The van der Waals surface area contributed by atoms with Gasteiger partial charge < -0.3 is 14.6 Å². The molecule has 0 atom stereocenters. The number of carbonyl (C=O) groups excluding carboxylic acids is 2. The summed E-state index contributed by atoms with van der Waals surface area (Å²) in [6.07, 6.45) is 0.819. The molecular weight excluding hydrogens is 419 g/mol. The lowest BCUT2D eigenvalue weighted by atomic mass is 9.97. The van der Waals surface area contributed by atoms with Crippen molar-refractivity contribution in [3.05, 3.63) is 77.6 Å². The minimum Gasteiger partial charge on any atom is -0.455 e. The molecule has 1 N–H and O–H groups in total. The fourth-order valence-corrected chi connectivity index (χ4v) is 4.12. The highest BCUT2D eigenvalue weighted by molar-refractivity contribution is 6.13. The molecule has 0 aliphatic rings. The van der Waals surface area contributed by atoms with Crippen LogP contribution in [-0.2, 0) is 0 Å². The summed E-state index contributed by atoms with van der Waals surface area (Å²) in [4.78, 5) is 26.5. The zero-order valence-corrected chi connectivity index (χ0v) is 18.8. The van der Waals surface area contributed by atoms with Crippen molar-refractivity contribution >= 4 is 28.8 Å². The lowest BCUT2D eigenvalue weighted by molar-refractivity contribution is 0.0964. The molecule has 5 nitrogen and oxygen atoms in total. The summed E-state index contributed by atoms with van der Waals surface area (Å²) in [6.45, 7) is 5.69. The number of nitrogens with zero attached hydrogens (tertiary/aromatic N) is 1. The summed E-state index contributed by atoms with van der Waals surface area (Å²) in [5, 5.41) is 3.34. The summed E-state index contributed by atoms with van der Waals surface area (Å²) < 4.78 is 19.7. The maximum Gasteiger partial charge on any atom is 0.255 e. The van der Waals surface area contributed by atoms with Gasteiger partial charge in [0.15, 0.2) is 0 Å². The van der Waals surface area contributed by atoms with E-state index in [1.165, 1.54) is 12.1 Å². The van der Waals surface area contributed by atoms with Gasteiger partial charge in [0.2, 0.25) is 0 Å². The third-order valence-corrected chi connectivity index (χ3v) is 5.80. The standard InChI is InChI=1S/C27H25FN2O3/c1-4-30(5-2)23-15-24-22(14-21(23)19-8-6-7-17(13-19)16-31)25(27(32)29-3)26(33-24)18-9-11-20(28)12-10-18/h6-16H,4-5H2,1-3H3,(H,29,32). The summed E-state index contributed by atoms with van der Waals surface area (Å²) >= 11 is 0. The van der Waals surface area contributed by atoms with Gasteiger partial charge in [-0.05, 0) is 55.8 Å². The Morgan fingerprint density at radius 1 is 1.03 bits per heavy atom. The number of nitrogens with one attached hydrogen (secondary N) is 1. The number of anilines is 1. The molecule has 1 heterocycles. The van der Waals surface area contributed by atoms with E-state index in [0.717, 1.165) is 36.2 Å². The smallest absolute Gasteiger partial charge is 0.255 e. The lowest BCUT2D eigenvalue weighted by Gasteiger charge is -2.24. The second-order valence-electron chi connectivity index (χ2n) is 7.67. The molecule has 6 heteroatoms. The Balaban J connectivity index is 2.05. The van der Waals surface area contributed by atoms with Crippen LogP contribution in [0.4, 0.5) is 10.1 Å². The fourth-order valence-electron chi connectivity index (χ4n) is 4.12. The van der Waals surface area contributed by atoms with Gasteiger partial charge in [-0.15, -0.1) is 0 Å². The Morgan fingerprint density at radius 2 is 1.76 bits per heavy atom. The Labute approximate surface area is 191 Å². The predicted molar refractivity (Wildman–Crippen MR) is 129 cm³/mol. The van der Waals surface area contributed by atoms with E-state index < -0.39 is 0 Å². The monoisotopic (exact) mass is 444 g/mol. The predicted octanol–water partition coefficient (Wildman–Crippen LogP) is 5.92. The first-order valence-electron chi connectivity index (χ1n) is 10.9. The fraction of sp³-hybridized carbons (Fsp3) is 0.185. The maximum absolute atomic E-state index is 13.5. The summed E-state index contributed by atoms with van der Waals surface area (Å²) in [6, 6.07) is 17.1. The van der Waals surface area contributed by atoms with Crippen LogP contribution in [0.15, 0.2) is 65.1 Å². The number of furan rings is 1. The van der Waals surface area contributed by atoms with Crippen molar-refractivity contribution < 1.29 is 18.4 Å². The van der Waals surface area contributed by atoms with E-state index in [4.69, 9.17) is 4.42 Å². The minimum atomic E-state index is -0.363. The van der Waals surface area contributed by atoms with Gasteiger partial charge in [0.25, 0.3) is 5.91 Å². The van der Waals surface area contributed by atoms with Crippen LogP contribution in [0.5, 0.6) is 0 Å². The van der Waals surface area contributed by atoms with E-state index in [-0.39, 0.29) is 11.7 Å². The van der Waals surface area contributed by atoms with Gasteiger partial charge in [-0.1, -0.05) is 18.2 Å². The molecule has 0 saturated carbocycles. The SMILES string of the molecule is CCN(CC)c1cc2oc(-c3ccc(F)cc3)c(C(=O)NC)c2cc1-c1cccc(C=O)c1. The highest BCUT2D eigenvalue weighted by Crippen LogP contribution is 2.41. The van der Waals surface area contributed by atoms with Gasteiger partial charge in [0.1, 0.15) is 23.4 Å². The zero-order valence-electron chi connectivity index (χ0n) is 18.8. The number of halogens is 1. The van der Waals surface area contributed by atoms with Crippen LogP contribution in [0.3, 0.4) is 0 Å². The molecule has 0 aliphatic heterocycles. The van der Waals surface area contributed by atoms with Gasteiger partial charge in [-0.3, -0.25) is 9.59 Å². The van der Waals surface area contributed by atoms with E-state index in [1.54, 1.807) is 25.2 Å². The molecule has 0 bridgehead atoms. The minimum absolute atomic E-state index is 0.295. The van der Waals surface area contributed by atoms with Crippen LogP contribution in [0, 0.1) is 5.82 Å². The van der Waals surface area contributed by atoms with Gasteiger partial charge in [0, 0.05) is 54.0 Å². The zero-order chi connectivity index (χ0) is 23.5. The third kappa shape index (κ3) is 4.12. The quantitative estimate of drug-likeness (QED) is 0.359. The van der Waals surface area contributed by atoms with Gasteiger partial charge >= 0.3 is 0 Å². The highest BCUT2D eigenvalue weighted by atomic mass is 19.1. The van der Waals surface area contributed by atoms with Crippen molar-refractivity contribution in [1.82, 2.24) is 5.32 Å². The Morgan fingerprint density at radius 3 is 2.39 bits per heavy atom. The largest absolute Gasteiger partial charge is 0.455 e. The number of carbonyl (C=O) groups is 2. The first-order valence-corrected chi connectivity index (χ1v) is 10.9. The average molecular weight is 445 g/mol. The molecule has 0 aliphatic carbocycles. The van der Waals surface area contributed by atoms with Gasteiger partial charge in [-0.25, -0.2) is 4.39 Å². The van der Waals surface area contributed by atoms with Crippen LogP contribution in [0.1, 0.15) is 34.6 Å². The molecule has 3 aromatic carbocycles. The van der Waals surface area contributed by atoms with E-state index >= 15 is 0 Å². The summed E-state index contributed by atoms with van der Waals surface area (Å²) in [5.41, 5.74) is 4.84. The second-order valence-corrected chi connectivity index (χ2v) is 7.67. The van der Waals surface area contributed by atoms with Crippen molar-refractivity contribution in [3.63, 3.8) is 0 Å². The molecule has 0 fully saturated rings. The Hall–Kier alpha value is -3.93. The number of hydrogen-bond donors (Lipinski definition) is 1. The molecule has 1 aromatic heterocycles. The third-order valence-electron chi connectivity index (χ3n) is 5.80. The van der Waals surface area contributed by atoms with E-state index in [1.807, 2.05) is 30.3 Å². The summed E-state index contributed by atoms with van der Waals surface area (Å²) in [7, 11) is 1.56. The van der Waals surface area contributed by atoms with Gasteiger partial charge in [-0.2, -0.15) is 0 Å². The summed E-state index contributed by atoms with van der Waals surface area (Å²) in [5.74, 6) is -0.276. The molecule has 4 aromatic rings. The average Bonchev–Trinajstić information content (AvgIpc) is 3.22. The van der Waals surface area contributed by atoms with Crippen LogP contribution in [-0.4, -0.2) is 32.3 Å². The van der Waals surface area contributed by atoms with E-state index in [9.17, 15) is 14.0 Å². The Bertz CT molecular complexity index is 1320. The van der Waals surface area contributed by atoms with Crippen molar-refractivity contribution in [1.29, 1.82) is 0 Å². The molecule has 4 rings (SSSR count). The van der Waals surface area contributed by atoms with Crippen molar-refractivity contribution in [2.24, 2.45) is 0 Å². The second kappa shape index (κ2) is 9.28. The molecule has 0 radical (unpaired) electrons. The number of fused-ring (bicyclic) bond motifs is 1. The van der Waals surface area contributed by atoms with Crippen LogP contribution < -0.4 is 10.2 Å². The number of benzene rings is 3. The van der Waals surface area contributed by atoms with Gasteiger partial charge in [0.05, 0.1) is 5.56 Å². The first kappa shape index (κ1) is 22.3. The van der Waals surface area contributed by atoms with Crippen LogP contribution in [0.25, 0.3) is 33.4 Å². The highest BCUT2D eigenvalue weighted by Gasteiger charge is 2.24. The van der Waals surface area contributed by atoms with Crippen molar-refractivity contribution in [2.75, 3.05) is 25.0 Å². The Kier molecular flexibility index (Phi) is 6.27. The first-order chi connectivity index (χ1) is 16.0. The van der Waals surface area contributed by atoms with E-state index in [2.05, 4.69) is 24.1 Å². The molecule has 0 saturated heterocycles. The molecular formula is C27H25FN2O3. The van der Waals surface area contributed by atoms with Crippen LogP contribution in [0.2, 0.25) is 0 Å². The maximum atomic E-state index is 13.5. The van der Waals surface area contributed by atoms with Crippen molar-refractivity contribution in [2.45, 2.75) is 13.8 Å². The lowest BCUT2D eigenvalue weighted by Crippen LogP contribution is -2.22. The number of aldehydes is 1. The number of amides is 1. The normalized spacial score (nSPS) is 10.9. The molecule has 33 heavy (non-hydrogen) atoms. The molecule has 0 unspecified atom stereocenters. The van der Waals surface area contributed by atoms with E-state index in [0.29, 0.717) is 33.4 Å². The number of hydrogen-bond acceptors (Lipinski definition) is 4. The molecule has 1 amide bonds. The molecule has 168 valence electrons. The van der Waals surface area contributed by atoms with Crippen molar-refractivity contribution in [3.8, 4) is 22.5 Å². The molecule has 0 spiro atoms. The number of rotatable bonds is 7.